The van der Waals surface area contributed by atoms with Gasteiger partial charge in [-0.05, 0) is 58.0 Å². The summed E-state index contributed by atoms with van der Waals surface area (Å²) in [7, 11) is 0. The van der Waals surface area contributed by atoms with Crippen LogP contribution in [0.1, 0.15) is 27.8 Å². The first-order valence-electron chi connectivity index (χ1n) is 9.38. The molecule has 0 atom stereocenters. The standard InChI is InChI=1S/C26H18S/c1-17-9-8-14-22-25(17)18-10-2-3-11-19(18)26(22)20-12-4-6-15-23(20)27-24-16-7-5-13-21(24)26/h2-16H,1H3. The van der Waals surface area contributed by atoms with Crippen LogP contribution in [-0.4, -0.2) is 0 Å². The van der Waals surface area contributed by atoms with Crippen molar-refractivity contribution in [1.29, 1.82) is 0 Å². The first-order valence-corrected chi connectivity index (χ1v) is 10.2. The van der Waals surface area contributed by atoms with Crippen molar-refractivity contribution in [3.63, 3.8) is 0 Å². The maximum Gasteiger partial charge on any atom is 0.0735 e. The molecular weight excluding hydrogens is 344 g/mol. The summed E-state index contributed by atoms with van der Waals surface area (Å²) < 4.78 is 0. The minimum Gasteiger partial charge on any atom is -0.0894 e. The van der Waals surface area contributed by atoms with E-state index >= 15 is 0 Å². The molecule has 0 radical (unpaired) electrons. The number of hydrogen-bond donors (Lipinski definition) is 0. The molecule has 0 nitrogen and oxygen atoms in total. The topological polar surface area (TPSA) is 0 Å². The van der Waals surface area contributed by atoms with Gasteiger partial charge in [-0.2, -0.15) is 0 Å². The Hall–Kier alpha value is -2.77. The summed E-state index contributed by atoms with van der Waals surface area (Å²) in [5.74, 6) is 0. The van der Waals surface area contributed by atoms with E-state index in [0.717, 1.165) is 0 Å². The van der Waals surface area contributed by atoms with Crippen LogP contribution in [0, 0.1) is 6.92 Å². The fraction of sp³-hybridized carbons (Fsp3) is 0.0769. The van der Waals surface area contributed by atoms with Crippen LogP contribution in [0.15, 0.2) is 101 Å². The van der Waals surface area contributed by atoms with Gasteiger partial charge in [-0.3, -0.25) is 0 Å². The average molecular weight is 362 g/mol. The lowest BCUT2D eigenvalue weighted by Crippen LogP contribution is -2.31. The summed E-state index contributed by atoms with van der Waals surface area (Å²) >= 11 is 1.90. The smallest absolute Gasteiger partial charge is 0.0735 e. The highest BCUT2D eigenvalue weighted by atomic mass is 32.2. The first-order chi connectivity index (χ1) is 13.3. The van der Waals surface area contributed by atoms with E-state index < -0.39 is 0 Å². The first kappa shape index (κ1) is 15.3. The zero-order valence-electron chi connectivity index (χ0n) is 15.1. The Morgan fingerprint density at radius 1 is 0.556 bits per heavy atom. The number of aryl methyl sites for hydroxylation is 1. The number of fused-ring (bicyclic) bond motifs is 9. The van der Waals surface area contributed by atoms with Gasteiger partial charge in [-0.1, -0.05) is 90.6 Å². The predicted molar refractivity (Wildman–Crippen MR) is 113 cm³/mol. The lowest BCUT2D eigenvalue weighted by molar-refractivity contribution is 0.722. The Morgan fingerprint density at radius 2 is 1.11 bits per heavy atom. The lowest BCUT2D eigenvalue weighted by atomic mass is 9.67. The van der Waals surface area contributed by atoms with E-state index in [2.05, 4.69) is 97.9 Å². The minimum atomic E-state index is -0.226. The molecule has 0 saturated carbocycles. The molecule has 1 aliphatic carbocycles. The number of hydrogen-bond acceptors (Lipinski definition) is 1. The highest BCUT2D eigenvalue weighted by molar-refractivity contribution is 7.99. The molecule has 1 spiro atoms. The molecule has 0 N–H and O–H groups in total. The Kier molecular flexibility index (Phi) is 3.04. The molecule has 1 heteroatoms. The molecule has 4 aromatic carbocycles. The zero-order valence-corrected chi connectivity index (χ0v) is 15.9. The Balaban J connectivity index is 1.88. The van der Waals surface area contributed by atoms with Gasteiger partial charge in [0, 0.05) is 9.79 Å². The van der Waals surface area contributed by atoms with Gasteiger partial charge in [-0.15, -0.1) is 0 Å². The molecule has 0 unspecified atom stereocenters. The molecule has 0 saturated heterocycles. The molecule has 0 bridgehead atoms. The van der Waals surface area contributed by atoms with Crippen molar-refractivity contribution in [3.8, 4) is 11.1 Å². The van der Waals surface area contributed by atoms with Crippen molar-refractivity contribution in [2.45, 2.75) is 22.1 Å². The third kappa shape index (κ3) is 1.80. The van der Waals surface area contributed by atoms with Gasteiger partial charge in [0.15, 0.2) is 0 Å². The summed E-state index contributed by atoms with van der Waals surface area (Å²) in [6.07, 6.45) is 0. The van der Waals surface area contributed by atoms with Gasteiger partial charge >= 0.3 is 0 Å². The molecule has 0 fully saturated rings. The molecule has 1 heterocycles. The van der Waals surface area contributed by atoms with Crippen LogP contribution in [0.25, 0.3) is 11.1 Å². The molecule has 1 aliphatic heterocycles. The van der Waals surface area contributed by atoms with Crippen LogP contribution in [0.2, 0.25) is 0 Å². The van der Waals surface area contributed by atoms with Crippen LogP contribution in [0.5, 0.6) is 0 Å². The average Bonchev–Trinajstić information content (AvgIpc) is 3.01. The Morgan fingerprint density at radius 3 is 1.81 bits per heavy atom. The third-order valence-corrected chi connectivity index (χ3v) is 7.23. The maximum atomic E-state index is 2.34. The van der Waals surface area contributed by atoms with Gasteiger partial charge in [0.05, 0.1) is 5.41 Å². The van der Waals surface area contributed by atoms with Crippen LogP contribution in [0.3, 0.4) is 0 Å². The van der Waals surface area contributed by atoms with Crippen molar-refractivity contribution >= 4 is 11.8 Å². The van der Waals surface area contributed by atoms with Crippen LogP contribution in [0.4, 0.5) is 0 Å². The highest BCUT2D eigenvalue weighted by Gasteiger charge is 2.50. The molecular formula is C26H18S. The van der Waals surface area contributed by atoms with E-state index in [-0.39, 0.29) is 5.41 Å². The van der Waals surface area contributed by atoms with Crippen LogP contribution >= 0.6 is 11.8 Å². The molecule has 27 heavy (non-hydrogen) atoms. The second-order valence-corrected chi connectivity index (χ2v) is 8.47. The second kappa shape index (κ2) is 5.37. The molecule has 6 rings (SSSR count). The van der Waals surface area contributed by atoms with Crippen LogP contribution < -0.4 is 0 Å². The van der Waals surface area contributed by atoms with Crippen LogP contribution in [-0.2, 0) is 5.41 Å². The maximum absolute atomic E-state index is 2.34. The Labute approximate surface area is 163 Å². The molecule has 4 aromatic rings. The highest BCUT2D eigenvalue weighted by Crippen LogP contribution is 2.62. The largest absolute Gasteiger partial charge is 0.0894 e. The van der Waals surface area contributed by atoms with Crippen molar-refractivity contribution in [2.75, 3.05) is 0 Å². The predicted octanol–water partition coefficient (Wildman–Crippen LogP) is 6.82. The summed E-state index contributed by atoms with van der Waals surface area (Å²) in [6, 6.07) is 33.7. The van der Waals surface area contributed by atoms with Gasteiger partial charge in [0.1, 0.15) is 0 Å². The van der Waals surface area contributed by atoms with E-state index in [9.17, 15) is 0 Å². The summed E-state index contributed by atoms with van der Waals surface area (Å²) in [5.41, 5.74) is 9.56. The van der Waals surface area contributed by atoms with E-state index in [1.54, 1.807) is 0 Å². The van der Waals surface area contributed by atoms with Gasteiger partial charge < -0.3 is 0 Å². The fourth-order valence-electron chi connectivity index (χ4n) is 5.09. The second-order valence-electron chi connectivity index (χ2n) is 7.39. The summed E-state index contributed by atoms with van der Waals surface area (Å²) in [5, 5.41) is 0. The van der Waals surface area contributed by atoms with E-state index in [0.29, 0.717) is 0 Å². The SMILES string of the molecule is Cc1cccc2c1-c1ccccc1C21c2ccccc2Sc2ccccc21. The van der Waals surface area contributed by atoms with E-state index in [1.807, 2.05) is 11.8 Å². The zero-order chi connectivity index (χ0) is 18.0. The lowest BCUT2D eigenvalue weighted by Gasteiger charge is -2.39. The van der Waals surface area contributed by atoms with Crippen molar-refractivity contribution in [1.82, 2.24) is 0 Å². The summed E-state index contributed by atoms with van der Waals surface area (Å²) in [6.45, 7) is 2.24. The third-order valence-electron chi connectivity index (χ3n) is 6.08. The molecule has 0 amide bonds. The Bertz CT molecular complexity index is 1170. The monoisotopic (exact) mass is 362 g/mol. The fourth-order valence-corrected chi connectivity index (χ4v) is 6.28. The van der Waals surface area contributed by atoms with Gasteiger partial charge in [-0.25, -0.2) is 0 Å². The molecule has 2 aliphatic rings. The van der Waals surface area contributed by atoms with Crippen molar-refractivity contribution < 1.29 is 0 Å². The van der Waals surface area contributed by atoms with E-state index in [4.69, 9.17) is 0 Å². The molecule has 128 valence electrons. The summed E-state index contributed by atoms with van der Waals surface area (Å²) in [4.78, 5) is 2.72. The number of rotatable bonds is 0. The minimum absolute atomic E-state index is 0.226. The molecule has 0 aromatic heterocycles. The van der Waals surface area contributed by atoms with E-state index in [1.165, 1.54) is 48.7 Å². The number of benzene rings is 4. The van der Waals surface area contributed by atoms with Gasteiger partial charge in [0.25, 0.3) is 0 Å². The quantitative estimate of drug-likeness (QED) is 0.285. The van der Waals surface area contributed by atoms with Gasteiger partial charge in [0.2, 0.25) is 0 Å². The normalized spacial score (nSPS) is 15.0. The van der Waals surface area contributed by atoms with Crippen molar-refractivity contribution in [3.05, 3.63) is 119 Å². The van der Waals surface area contributed by atoms with Crippen molar-refractivity contribution in [2.24, 2.45) is 0 Å².